The van der Waals surface area contributed by atoms with Gasteiger partial charge in [-0.2, -0.15) is 0 Å². The van der Waals surface area contributed by atoms with Crippen LogP contribution in [0.15, 0.2) is 12.4 Å². The Morgan fingerprint density at radius 1 is 1.00 bits per heavy atom. The number of hydrogen-bond donors (Lipinski definition) is 0. The third kappa shape index (κ3) is 2.97. The number of nitrogens with zero attached hydrogens (tertiary/aromatic N) is 4. The molecule has 4 heterocycles. The van der Waals surface area contributed by atoms with Crippen molar-refractivity contribution in [3.63, 3.8) is 0 Å². The minimum absolute atomic E-state index is 0.462. The Bertz CT molecular complexity index is 489. The summed E-state index contributed by atoms with van der Waals surface area (Å²) < 4.78 is 5.49. The summed E-state index contributed by atoms with van der Waals surface area (Å²) in [5, 5.41) is 0. The summed E-state index contributed by atoms with van der Waals surface area (Å²) in [6.07, 6.45) is 8.14. The van der Waals surface area contributed by atoms with Crippen LogP contribution in [0, 0.1) is 0 Å². The van der Waals surface area contributed by atoms with E-state index in [1.165, 1.54) is 38.8 Å². The molecule has 3 aliphatic heterocycles. The molecular formula is C17H26N4O. The van der Waals surface area contributed by atoms with Crippen molar-refractivity contribution in [3.8, 4) is 0 Å². The summed E-state index contributed by atoms with van der Waals surface area (Å²) in [6.45, 7) is 6.55. The van der Waals surface area contributed by atoms with Gasteiger partial charge in [-0.3, -0.25) is 0 Å². The van der Waals surface area contributed by atoms with E-state index in [2.05, 4.69) is 25.8 Å². The second kappa shape index (κ2) is 6.50. The lowest BCUT2D eigenvalue weighted by molar-refractivity contribution is 0.193. The van der Waals surface area contributed by atoms with E-state index in [0.29, 0.717) is 5.92 Å². The average Bonchev–Trinajstić information content (AvgIpc) is 3.29. The predicted octanol–water partition coefficient (Wildman–Crippen LogP) is 2.05. The van der Waals surface area contributed by atoms with Gasteiger partial charge in [0.2, 0.25) is 0 Å². The van der Waals surface area contributed by atoms with Crippen molar-refractivity contribution >= 4 is 5.82 Å². The smallest absolute Gasteiger partial charge is 0.132 e. The SMILES string of the molecule is c1nc(C2CCOC2)cc(N2CCC(N3CCCC3)CC2)n1. The first-order chi connectivity index (χ1) is 10.9. The van der Waals surface area contributed by atoms with Gasteiger partial charge in [-0.1, -0.05) is 0 Å². The Hall–Kier alpha value is -1.20. The number of likely N-dealkylation sites (tertiary alicyclic amines) is 1. The van der Waals surface area contributed by atoms with Crippen molar-refractivity contribution in [2.75, 3.05) is 44.3 Å². The molecule has 0 amide bonds. The van der Waals surface area contributed by atoms with Crippen molar-refractivity contribution in [1.82, 2.24) is 14.9 Å². The molecule has 120 valence electrons. The van der Waals surface area contributed by atoms with E-state index in [-0.39, 0.29) is 0 Å². The largest absolute Gasteiger partial charge is 0.381 e. The molecule has 5 heteroatoms. The molecule has 1 atom stereocenters. The lowest BCUT2D eigenvalue weighted by Gasteiger charge is -2.37. The molecule has 3 fully saturated rings. The van der Waals surface area contributed by atoms with E-state index in [1.54, 1.807) is 6.33 Å². The number of rotatable bonds is 3. The molecule has 4 rings (SSSR count). The fraction of sp³-hybridized carbons (Fsp3) is 0.765. The summed E-state index contributed by atoms with van der Waals surface area (Å²) in [4.78, 5) is 14.1. The van der Waals surface area contributed by atoms with Crippen LogP contribution in [0.25, 0.3) is 0 Å². The van der Waals surface area contributed by atoms with Gasteiger partial charge in [0, 0.05) is 37.7 Å². The second-order valence-electron chi connectivity index (χ2n) is 6.82. The normalized spacial score (nSPS) is 27.6. The maximum atomic E-state index is 5.49. The number of hydrogen-bond acceptors (Lipinski definition) is 5. The average molecular weight is 302 g/mol. The van der Waals surface area contributed by atoms with Crippen molar-refractivity contribution in [3.05, 3.63) is 18.1 Å². The summed E-state index contributed by atoms with van der Waals surface area (Å²) in [5.41, 5.74) is 1.16. The Kier molecular flexibility index (Phi) is 4.26. The van der Waals surface area contributed by atoms with E-state index >= 15 is 0 Å². The van der Waals surface area contributed by atoms with Crippen LogP contribution in [-0.2, 0) is 4.74 Å². The first-order valence-electron chi connectivity index (χ1n) is 8.79. The first-order valence-corrected chi connectivity index (χ1v) is 8.79. The fourth-order valence-corrected chi connectivity index (χ4v) is 4.09. The highest BCUT2D eigenvalue weighted by molar-refractivity contribution is 5.40. The highest BCUT2D eigenvalue weighted by Gasteiger charge is 2.27. The second-order valence-corrected chi connectivity index (χ2v) is 6.82. The van der Waals surface area contributed by atoms with Crippen molar-refractivity contribution < 1.29 is 4.74 Å². The third-order valence-corrected chi connectivity index (χ3v) is 5.47. The van der Waals surface area contributed by atoms with E-state index in [4.69, 9.17) is 4.74 Å². The van der Waals surface area contributed by atoms with Crippen LogP contribution >= 0.6 is 0 Å². The van der Waals surface area contributed by atoms with Gasteiger partial charge in [0.1, 0.15) is 12.1 Å². The number of piperidine rings is 1. The predicted molar refractivity (Wildman–Crippen MR) is 86.3 cm³/mol. The van der Waals surface area contributed by atoms with Gasteiger partial charge in [0.05, 0.1) is 12.3 Å². The van der Waals surface area contributed by atoms with Gasteiger partial charge in [-0.15, -0.1) is 0 Å². The highest BCUT2D eigenvalue weighted by Crippen LogP contribution is 2.27. The van der Waals surface area contributed by atoms with E-state index < -0.39 is 0 Å². The molecule has 3 aliphatic rings. The zero-order valence-electron chi connectivity index (χ0n) is 13.3. The summed E-state index contributed by atoms with van der Waals surface area (Å²) in [7, 11) is 0. The number of aromatic nitrogens is 2. The lowest BCUT2D eigenvalue weighted by Crippen LogP contribution is -2.44. The molecule has 0 aliphatic carbocycles. The molecule has 0 bridgehead atoms. The van der Waals surface area contributed by atoms with Gasteiger partial charge < -0.3 is 14.5 Å². The Balaban J connectivity index is 1.39. The molecule has 1 unspecified atom stereocenters. The van der Waals surface area contributed by atoms with E-state index in [1.807, 2.05) is 0 Å². The molecular weight excluding hydrogens is 276 g/mol. The Labute approximate surface area is 132 Å². The monoisotopic (exact) mass is 302 g/mol. The summed E-state index contributed by atoms with van der Waals surface area (Å²) in [6, 6.07) is 2.98. The number of ether oxygens (including phenoxy) is 1. The third-order valence-electron chi connectivity index (χ3n) is 5.47. The lowest BCUT2D eigenvalue weighted by atomic mass is 10.0. The van der Waals surface area contributed by atoms with Crippen LogP contribution < -0.4 is 4.90 Å². The molecule has 0 saturated carbocycles. The van der Waals surface area contributed by atoms with Crippen LogP contribution in [-0.4, -0.2) is 60.3 Å². The van der Waals surface area contributed by atoms with Crippen molar-refractivity contribution in [1.29, 1.82) is 0 Å². The van der Waals surface area contributed by atoms with Crippen LogP contribution in [0.2, 0.25) is 0 Å². The van der Waals surface area contributed by atoms with Crippen molar-refractivity contribution in [2.24, 2.45) is 0 Å². The van der Waals surface area contributed by atoms with Crippen LogP contribution in [0.3, 0.4) is 0 Å². The fourth-order valence-electron chi connectivity index (χ4n) is 4.09. The maximum absolute atomic E-state index is 5.49. The molecule has 0 spiro atoms. The first kappa shape index (κ1) is 14.4. The van der Waals surface area contributed by atoms with Crippen LogP contribution in [0.4, 0.5) is 5.82 Å². The van der Waals surface area contributed by atoms with Crippen molar-refractivity contribution in [2.45, 2.75) is 44.1 Å². The Morgan fingerprint density at radius 2 is 1.82 bits per heavy atom. The quantitative estimate of drug-likeness (QED) is 0.855. The summed E-state index contributed by atoms with van der Waals surface area (Å²) >= 11 is 0. The highest BCUT2D eigenvalue weighted by atomic mass is 16.5. The van der Waals surface area contributed by atoms with Crippen LogP contribution in [0.1, 0.15) is 43.7 Å². The maximum Gasteiger partial charge on any atom is 0.132 e. The molecule has 0 N–H and O–H groups in total. The molecule has 1 aromatic heterocycles. The van der Waals surface area contributed by atoms with E-state index in [0.717, 1.165) is 50.3 Å². The van der Waals surface area contributed by atoms with Crippen LogP contribution in [0.5, 0.6) is 0 Å². The molecule has 0 aromatic carbocycles. The zero-order valence-corrected chi connectivity index (χ0v) is 13.3. The topological polar surface area (TPSA) is 41.5 Å². The van der Waals surface area contributed by atoms with Gasteiger partial charge in [-0.25, -0.2) is 9.97 Å². The standard InChI is InChI=1S/C17H26N4O/c1-2-7-20(6-1)15-3-8-21(9-4-15)17-11-16(18-13-19-17)14-5-10-22-12-14/h11,13-15H,1-10,12H2. The minimum Gasteiger partial charge on any atom is -0.381 e. The van der Waals surface area contributed by atoms with E-state index in [9.17, 15) is 0 Å². The molecule has 5 nitrogen and oxygen atoms in total. The molecule has 22 heavy (non-hydrogen) atoms. The zero-order chi connectivity index (χ0) is 14.8. The van der Waals surface area contributed by atoms with Gasteiger partial charge in [0.15, 0.2) is 0 Å². The molecule has 0 radical (unpaired) electrons. The van der Waals surface area contributed by atoms with Gasteiger partial charge in [-0.05, 0) is 45.2 Å². The van der Waals surface area contributed by atoms with Gasteiger partial charge in [0.25, 0.3) is 0 Å². The Morgan fingerprint density at radius 3 is 2.55 bits per heavy atom. The van der Waals surface area contributed by atoms with Gasteiger partial charge >= 0.3 is 0 Å². The molecule has 1 aromatic rings. The molecule has 3 saturated heterocycles. The summed E-state index contributed by atoms with van der Waals surface area (Å²) in [5.74, 6) is 1.57. The number of anilines is 1. The minimum atomic E-state index is 0.462.